The van der Waals surface area contributed by atoms with Crippen molar-refractivity contribution in [3.63, 3.8) is 0 Å². The second-order valence-corrected chi connectivity index (χ2v) is 5.12. The maximum atomic E-state index is 5.92. The molecule has 0 heterocycles. The van der Waals surface area contributed by atoms with Crippen molar-refractivity contribution < 1.29 is 4.74 Å². The zero-order valence-corrected chi connectivity index (χ0v) is 12.1. The second kappa shape index (κ2) is 6.69. The fourth-order valence-corrected chi connectivity index (χ4v) is 2.25. The molecule has 0 unspecified atom stereocenters. The SMILES string of the molecule is Cc1cccc(OCCNc2cc(Cl)cc(Cl)c2)c1. The van der Waals surface area contributed by atoms with Gasteiger partial charge in [-0.2, -0.15) is 0 Å². The third-order valence-electron chi connectivity index (χ3n) is 2.55. The Kier molecular flexibility index (Phi) is 4.94. The van der Waals surface area contributed by atoms with E-state index in [0.29, 0.717) is 23.2 Å². The summed E-state index contributed by atoms with van der Waals surface area (Å²) in [5.74, 6) is 0.880. The molecule has 0 radical (unpaired) electrons. The van der Waals surface area contributed by atoms with E-state index >= 15 is 0 Å². The topological polar surface area (TPSA) is 21.3 Å². The number of ether oxygens (including phenoxy) is 1. The number of halogens is 2. The van der Waals surface area contributed by atoms with E-state index in [1.165, 1.54) is 5.56 Å². The summed E-state index contributed by atoms with van der Waals surface area (Å²) in [6.45, 7) is 3.30. The van der Waals surface area contributed by atoms with E-state index in [-0.39, 0.29) is 0 Å². The zero-order valence-electron chi connectivity index (χ0n) is 10.6. The first-order valence-corrected chi connectivity index (χ1v) is 6.78. The largest absolute Gasteiger partial charge is 0.492 e. The van der Waals surface area contributed by atoms with Crippen LogP contribution in [0.3, 0.4) is 0 Å². The number of anilines is 1. The van der Waals surface area contributed by atoms with Crippen molar-refractivity contribution in [1.29, 1.82) is 0 Å². The van der Waals surface area contributed by atoms with Gasteiger partial charge in [0, 0.05) is 22.3 Å². The highest BCUT2D eigenvalue weighted by Gasteiger charge is 1.98. The van der Waals surface area contributed by atoms with Gasteiger partial charge in [-0.1, -0.05) is 35.3 Å². The van der Waals surface area contributed by atoms with E-state index in [2.05, 4.69) is 5.32 Å². The van der Waals surface area contributed by atoms with Crippen LogP contribution in [0.1, 0.15) is 5.56 Å². The molecule has 0 aliphatic heterocycles. The molecule has 0 saturated carbocycles. The van der Waals surface area contributed by atoms with Crippen LogP contribution in [0.4, 0.5) is 5.69 Å². The number of hydrogen-bond acceptors (Lipinski definition) is 2. The summed E-state index contributed by atoms with van der Waals surface area (Å²) in [6.07, 6.45) is 0. The molecule has 0 aliphatic carbocycles. The Bertz CT molecular complexity index is 537. The lowest BCUT2D eigenvalue weighted by Gasteiger charge is -2.09. The molecule has 0 saturated heterocycles. The Morgan fingerprint density at radius 3 is 2.47 bits per heavy atom. The van der Waals surface area contributed by atoms with Crippen molar-refractivity contribution in [2.24, 2.45) is 0 Å². The Hall–Kier alpha value is -1.38. The van der Waals surface area contributed by atoms with E-state index in [0.717, 1.165) is 11.4 Å². The molecule has 0 aromatic heterocycles. The highest BCUT2D eigenvalue weighted by atomic mass is 35.5. The first-order chi connectivity index (χ1) is 9.13. The average molecular weight is 296 g/mol. The van der Waals surface area contributed by atoms with Gasteiger partial charge in [0.25, 0.3) is 0 Å². The lowest BCUT2D eigenvalue weighted by molar-refractivity contribution is 0.332. The van der Waals surface area contributed by atoms with Crippen LogP contribution in [-0.2, 0) is 0 Å². The van der Waals surface area contributed by atoms with Crippen molar-refractivity contribution in [3.05, 3.63) is 58.1 Å². The maximum Gasteiger partial charge on any atom is 0.119 e. The van der Waals surface area contributed by atoms with Gasteiger partial charge in [0.15, 0.2) is 0 Å². The molecule has 0 amide bonds. The monoisotopic (exact) mass is 295 g/mol. The minimum Gasteiger partial charge on any atom is -0.492 e. The van der Waals surface area contributed by atoms with Crippen LogP contribution in [0.5, 0.6) is 5.75 Å². The minimum absolute atomic E-state index is 0.577. The number of nitrogens with one attached hydrogen (secondary N) is 1. The van der Waals surface area contributed by atoms with E-state index in [4.69, 9.17) is 27.9 Å². The summed E-state index contributed by atoms with van der Waals surface area (Å²) < 4.78 is 5.64. The summed E-state index contributed by atoms with van der Waals surface area (Å²) in [4.78, 5) is 0. The van der Waals surface area contributed by atoms with Crippen molar-refractivity contribution in [1.82, 2.24) is 0 Å². The molecule has 2 rings (SSSR count). The Labute approximate surface area is 123 Å². The van der Waals surface area contributed by atoms with Gasteiger partial charge in [0.05, 0.1) is 0 Å². The second-order valence-electron chi connectivity index (χ2n) is 4.25. The van der Waals surface area contributed by atoms with Gasteiger partial charge in [-0.05, 0) is 42.8 Å². The van der Waals surface area contributed by atoms with Crippen LogP contribution in [0, 0.1) is 6.92 Å². The molecule has 4 heteroatoms. The molecule has 19 heavy (non-hydrogen) atoms. The predicted molar refractivity (Wildman–Crippen MR) is 81.6 cm³/mol. The van der Waals surface area contributed by atoms with Gasteiger partial charge in [-0.25, -0.2) is 0 Å². The summed E-state index contributed by atoms with van der Waals surface area (Å²) >= 11 is 11.8. The first-order valence-electron chi connectivity index (χ1n) is 6.03. The molecule has 0 atom stereocenters. The molecule has 1 N–H and O–H groups in total. The van der Waals surface area contributed by atoms with Crippen molar-refractivity contribution in [3.8, 4) is 5.75 Å². The van der Waals surface area contributed by atoms with E-state index in [1.54, 1.807) is 6.07 Å². The number of rotatable bonds is 5. The third-order valence-corrected chi connectivity index (χ3v) is 2.99. The lowest BCUT2D eigenvalue weighted by Crippen LogP contribution is -2.11. The molecule has 0 fully saturated rings. The fourth-order valence-electron chi connectivity index (χ4n) is 1.73. The number of hydrogen-bond donors (Lipinski definition) is 1. The molecule has 2 nitrogen and oxygen atoms in total. The van der Waals surface area contributed by atoms with Crippen molar-refractivity contribution in [2.45, 2.75) is 6.92 Å². The van der Waals surface area contributed by atoms with Crippen LogP contribution >= 0.6 is 23.2 Å². The molecule has 2 aromatic rings. The summed E-state index contributed by atoms with van der Waals surface area (Å²) in [5, 5.41) is 4.46. The molecule has 0 bridgehead atoms. The van der Waals surface area contributed by atoms with Gasteiger partial charge in [-0.15, -0.1) is 0 Å². The van der Waals surface area contributed by atoms with E-state index in [1.807, 2.05) is 43.3 Å². The summed E-state index contributed by atoms with van der Waals surface area (Å²) in [7, 11) is 0. The fraction of sp³-hybridized carbons (Fsp3) is 0.200. The predicted octanol–water partition coefficient (Wildman–Crippen LogP) is 4.79. The van der Waals surface area contributed by atoms with Crippen molar-refractivity contribution >= 4 is 28.9 Å². The molecule has 0 aliphatic rings. The van der Waals surface area contributed by atoms with Crippen molar-refractivity contribution in [2.75, 3.05) is 18.5 Å². The highest BCUT2D eigenvalue weighted by molar-refractivity contribution is 6.35. The quantitative estimate of drug-likeness (QED) is 0.801. The number of benzene rings is 2. The Balaban J connectivity index is 1.80. The summed E-state index contributed by atoms with van der Waals surface area (Å²) in [6, 6.07) is 13.4. The van der Waals surface area contributed by atoms with Crippen LogP contribution < -0.4 is 10.1 Å². The van der Waals surface area contributed by atoms with Gasteiger partial charge < -0.3 is 10.1 Å². The van der Waals surface area contributed by atoms with Crippen LogP contribution in [0.15, 0.2) is 42.5 Å². The zero-order chi connectivity index (χ0) is 13.7. The molecule has 100 valence electrons. The lowest BCUT2D eigenvalue weighted by atomic mass is 10.2. The van der Waals surface area contributed by atoms with Gasteiger partial charge in [-0.3, -0.25) is 0 Å². The molecule has 0 spiro atoms. The van der Waals surface area contributed by atoms with E-state index < -0.39 is 0 Å². The normalized spacial score (nSPS) is 10.3. The van der Waals surface area contributed by atoms with Crippen LogP contribution in [0.2, 0.25) is 10.0 Å². The standard InChI is InChI=1S/C15H15Cl2NO/c1-11-3-2-4-15(7-11)19-6-5-18-14-9-12(16)8-13(17)10-14/h2-4,7-10,18H,5-6H2,1H3. The molecular formula is C15H15Cl2NO. The maximum absolute atomic E-state index is 5.92. The smallest absolute Gasteiger partial charge is 0.119 e. The Morgan fingerprint density at radius 1 is 1.05 bits per heavy atom. The number of aryl methyl sites for hydroxylation is 1. The minimum atomic E-state index is 0.577. The van der Waals surface area contributed by atoms with Crippen LogP contribution in [-0.4, -0.2) is 13.2 Å². The first kappa shape index (κ1) is 14.0. The van der Waals surface area contributed by atoms with Crippen LogP contribution in [0.25, 0.3) is 0 Å². The molecule has 2 aromatic carbocycles. The van der Waals surface area contributed by atoms with Gasteiger partial charge in [0.2, 0.25) is 0 Å². The Morgan fingerprint density at radius 2 is 1.79 bits per heavy atom. The third kappa shape index (κ3) is 4.66. The molecular weight excluding hydrogens is 281 g/mol. The van der Waals surface area contributed by atoms with E-state index in [9.17, 15) is 0 Å². The van der Waals surface area contributed by atoms with Gasteiger partial charge >= 0.3 is 0 Å². The van der Waals surface area contributed by atoms with Gasteiger partial charge in [0.1, 0.15) is 12.4 Å². The summed E-state index contributed by atoms with van der Waals surface area (Å²) in [5.41, 5.74) is 2.08. The average Bonchev–Trinajstić information content (AvgIpc) is 2.34. The highest BCUT2D eigenvalue weighted by Crippen LogP contribution is 2.22.